The third-order valence-corrected chi connectivity index (χ3v) is 0.924. The van der Waals surface area contributed by atoms with Crippen LogP contribution in [0.15, 0.2) is 0 Å². The van der Waals surface area contributed by atoms with Crippen LogP contribution >= 0.6 is 11.6 Å². The Hall–Kier alpha value is -0.570. The number of carbonyl (C=O) groups is 2. The number of esters is 1. The third-order valence-electron chi connectivity index (χ3n) is 0.735. The molecule has 0 aliphatic heterocycles. The first-order valence-corrected chi connectivity index (χ1v) is 2.93. The van der Waals surface area contributed by atoms with Gasteiger partial charge in [-0.3, -0.25) is 4.79 Å². The Morgan fingerprint density at radius 3 is 2.44 bits per heavy atom. The number of ketones is 1. The molecule has 0 aromatic carbocycles. The molecule has 0 radical (unpaired) electrons. The number of hydrogen-bond acceptors (Lipinski definition) is 3. The second kappa shape index (κ2) is 4.32. The molecule has 0 saturated heterocycles. The molecule has 0 amide bonds. The van der Waals surface area contributed by atoms with E-state index in [1.54, 1.807) is 0 Å². The van der Waals surface area contributed by atoms with Crippen molar-refractivity contribution in [1.82, 2.24) is 0 Å². The van der Waals surface area contributed by atoms with Crippen molar-refractivity contribution in [3.05, 3.63) is 0 Å². The van der Waals surface area contributed by atoms with Gasteiger partial charge in [0.1, 0.15) is 0 Å². The molecule has 4 heteroatoms. The van der Waals surface area contributed by atoms with E-state index in [0.717, 1.165) is 7.11 Å². The lowest BCUT2D eigenvalue weighted by molar-refractivity contribution is -0.151. The van der Waals surface area contributed by atoms with Gasteiger partial charge in [-0.2, -0.15) is 0 Å². The predicted molar refractivity (Wildman–Crippen MR) is 32.4 cm³/mol. The van der Waals surface area contributed by atoms with Gasteiger partial charge in [0.25, 0.3) is 0 Å². The minimum Gasteiger partial charge on any atom is -0.463 e. The van der Waals surface area contributed by atoms with Crippen LogP contribution < -0.4 is 0 Å². The summed E-state index contributed by atoms with van der Waals surface area (Å²) >= 11 is 5.17. The number of methoxy groups -OCH3 is 1. The lowest BCUT2D eigenvalue weighted by atomic mass is 10.3. The summed E-state index contributed by atoms with van der Waals surface area (Å²) in [6.45, 7) is 0. The van der Waals surface area contributed by atoms with Gasteiger partial charge >= 0.3 is 5.97 Å². The topological polar surface area (TPSA) is 43.4 Å². The first-order valence-electron chi connectivity index (χ1n) is 2.39. The van der Waals surface area contributed by atoms with Crippen LogP contribution in [0.4, 0.5) is 0 Å². The molecule has 0 heterocycles. The molecule has 3 nitrogen and oxygen atoms in total. The van der Waals surface area contributed by atoms with Gasteiger partial charge in [0.05, 0.1) is 7.11 Å². The van der Waals surface area contributed by atoms with E-state index in [1.165, 1.54) is 0 Å². The van der Waals surface area contributed by atoms with Crippen LogP contribution in [0, 0.1) is 0 Å². The van der Waals surface area contributed by atoms with Gasteiger partial charge in [0.15, 0.2) is 0 Å². The number of alkyl halides is 1. The molecule has 0 N–H and O–H groups in total. The van der Waals surface area contributed by atoms with E-state index in [9.17, 15) is 9.59 Å². The normalized spacial score (nSPS) is 8.67. The number of rotatable bonds is 3. The van der Waals surface area contributed by atoms with E-state index in [4.69, 9.17) is 11.6 Å². The molecule has 0 saturated carbocycles. The maximum absolute atomic E-state index is 10.4. The van der Waals surface area contributed by atoms with Gasteiger partial charge in [-0.05, 0) is 0 Å². The number of Topliss-reactive ketones (excluding diaryl/α,β-unsaturated/α-hetero) is 1. The summed E-state index contributed by atoms with van der Waals surface area (Å²) in [6.07, 6.45) is 0.0498. The molecule has 0 aliphatic rings. The second-order valence-corrected chi connectivity index (χ2v) is 1.73. The largest absolute Gasteiger partial charge is 0.463 e. The Labute approximate surface area is 57.9 Å². The molecule has 0 bridgehead atoms. The number of carbonyl (C=O) groups excluding carboxylic acids is 2. The molecule has 0 aliphatic carbocycles. The fourth-order valence-electron chi connectivity index (χ4n) is 0.302. The van der Waals surface area contributed by atoms with Crippen LogP contribution in [0.5, 0.6) is 0 Å². The summed E-state index contributed by atoms with van der Waals surface area (Å²) in [5, 5.41) is 0. The van der Waals surface area contributed by atoms with Crippen LogP contribution in [0.1, 0.15) is 6.42 Å². The van der Waals surface area contributed by atoms with E-state index >= 15 is 0 Å². The lowest BCUT2D eigenvalue weighted by Crippen LogP contribution is -2.15. The van der Waals surface area contributed by atoms with Crippen molar-refractivity contribution in [2.24, 2.45) is 0 Å². The Balaban J connectivity index is 3.60. The molecule has 0 aromatic heterocycles. The van der Waals surface area contributed by atoms with Gasteiger partial charge in [0.2, 0.25) is 5.78 Å². The highest BCUT2D eigenvalue weighted by atomic mass is 35.5. The smallest absolute Gasteiger partial charge is 0.374 e. The van der Waals surface area contributed by atoms with Crippen LogP contribution in [-0.2, 0) is 14.3 Å². The lowest BCUT2D eigenvalue weighted by Gasteiger charge is -1.92. The Kier molecular flexibility index (Phi) is 4.05. The molecule has 0 atom stereocenters. The van der Waals surface area contributed by atoms with Crippen molar-refractivity contribution in [3.63, 3.8) is 0 Å². The Bertz CT molecular complexity index is 121. The molecule has 52 valence electrons. The maximum Gasteiger partial charge on any atom is 0.374 e. The van der Waals surface area contributed by atoms with E-state index < -0.39 is 11.8 Å². The molecule has 0 unspecified atom stereocenters. The minimum atomic E-state index is -0.823. The van der Waals surface area contributed by atoms with E-state index in [0.29, 0.717) is 0 Å². The first-order chi connectivity index (χ1) is 4.22. The van der Waals surface area contributed by atoms with Crippen molar-refractivity contribution < 1.29 is 14.3 Å². The maximum atomic E-state index is 10.4. The Morgan fingerprint density at radius 1 is 1.56 bits per heavy atom. The molecule has 0 aromatic rings. The van der Waals surface area contributed by atoms with Gasteiger partial charge in [0, 0.05) is 12.3 Å². The molecular formula is C5H7ClO3. The highest BCUT2D eigenvalue weighted by molar-refractivity contribution is 6.35. The van der Waals surface area contributed by atoms with Gasteiger partial charge in [-0.15, -0.1) is 11.6 Å². The summed E-state index contributed by atoms with van der Waals surface area (Å²) < 4.78 is 4.12. The fraction of sp³-hybridized carbons (Fsp3) is 0.600. The number of ether oxygens (including phenoxy) is 1. The summed E-state index contributed by atoms with van der Waals surface area (Å²) in [4.78, 5) is 20.7. The standard InChI is InChI=1S/C5H7ClO3/c1-9-5(8)4(7)2-3-6/h2-3H2,1H3. The van der Waals surface area contributed by atoms with Crippen molar-refractivity contribution in [2.75, 3.05) is 13.0 Å². The predicted octanol–water partition coefficient (Wildman–Crippen LogP) is 0.357. The molecule has 0 rings (SSSR count). The monoisotopic (exact) mass is 150 g/mol. The van der Waals surface area contributed by atoms with Crippen molar-refractivity contribution in [1.29, 1.82) is 0 Å². The SMILES string of the molecule is COC(=O)C(=O)CCCl. The zero-order chi connectivity index (χ0) is 7.28. The van der Waals surface area contributed by atoms with Crippen molar-refractivity contribution >= 4 is 23.4 Å². The molecule has 9 heavy (non-hydrogen) atoms. The number of hydrogen-bond donors (Lipinski definition) is 0. The average Bonchev–Trinajstić information content (AvgIpc) is 1.87. The quantitative estimate of drug-likeness (QED) is 0.332. The third kappa shape index (κ3) is 3.08. The van der Waals surface area contributed by atoms with E-state index in [2.05, 4.69) is 4.74 Å². The molecule has 0 fully saturated rings. The average molecular weight is 151 g/mol. The highest BCUT2D eigenvalue weighted by Gasteiger charge is 2.11. The highest BCUT2D eigenvalue weighted by Crippen LogP contribution is 1.88. The fourth-order valence-corrected chi connectivity index (χ4v) is 0.473. The van der Waals surface area contributed by atoms with E-state index in [-0.39, 0.29) is 12.3 Å². The number of halogens is 1. The summed E-state index contributed by atoms with van der Waals surface area (Å²) in [5.74, 6) is -1.24. The zero-order valence-corrected chi connectivity index (χ0v) is 5.77. The van der Waals surface area contributed by atoms with Crippen LogP contribution in [-0.4, -0.2) is 24.7 Å². The van der Waals surface area contributed by atoms with Crippen LogP contribution in [0.2, 0.25) is 0 Å². The molecule has 0 spiro atoms. The summed E-state index contributed by atoms with van der Waals surface area (Å²) in [6, 6.07) is 0. The van der Waals surface area contributed by atoms with Gasteiger partial charge in [-0.25, -0.2) is 4.79 Å². The first kappa shape index (κ1) is 8.43. The summed E-state index contributed by atoms with van der Waals surface area (Å²) in [7, 11) is 1.16. The summed E-state index contributed by atoms with van der Waals surface area (Å²) in [5.41, 5.74) is 0. The van der Waals surface area contributed by atoms with Crippen LogP contribution in [0.3, 0.4) is 0 Å². The zero-order valence-electron chi connectivity index (χ0n) is 5.02. The second-order valence-electron chi connectivity index (χ2n) is 1.35. The Morgan fingerprint density at radius 2 is 2.11 bits per heavy atom. The van der Waals surface area contributed by atoms with E-state index in [1.807, 2.05) is 0 Å². The van der Waals surface area contributed by atoms with Crippen molar-refractivity contribution in [3.8, 4) is 0 Å². The van der Waals surface area contributed by atoms with Gasteiger partial charge in [-0.1, -0.05) is 0 Å². The minimum absolute atomic E-state index is 0.0498. The van der Waals surface area contributed by atoms with Gasteiger partial charge < -0.3 is 4.74 Å². The molecular weight excluding hydrogens is 144 g/mol. The van der Waals surface area contributed by atoms with Crippen molar-refractivity contribution in [2.45, 2.75) is 6.42 Å². The van der Waals surface area contributed by atoms with Crippen LogP contribution in [0.25, 0.3) is 0 Å².